The Hall–Kier alpha value is -2.21. The Morgan fingerprint density at radius 1 is 1.12 bits per heavy atom. The van der Waals surface area contributed by atoms with Gasteiger partial charge in [-0.05, 0) is 55.7 Å². The first kappa shape index (κ1) is 16.3. The highest BCUT2D eigenvalue weighted by Crippen LogP contribution is 2.27. The molecular formula is C19H20BrN5. The summed E-state index contributed by atoms with van der Waals surface area (Å²) in [5.74, 6) is 1.80. The minimum atomic E-state index is 0.301. The monoisotopic (exact) mass is 397 g/mol. The second kappa shape index (κ2) is 6.59. The fraction of sp³-hybridized carbons (Fsp3) is 0.316. The average Bonchev–Trinajstić information content (AvgIpc) is 3.11. The first-order valence-corrected chi connectivity index (χ1v) is 9.30. The van der Waals surface area contributed by atoms with Gasteiger partial charge in [-0.2, -0.15) is 0 Å². The highest BCUT2D eigenvalue weighted by Gasteiger charge is 2.19. The van der Waals surface area contributed by atoms with E-state index in [0.717, 1.165) is 41.3 Å². The van der Waals surface area contributed by atoms with Crippen LogP contribution in [0.2, 0.25) is 0 Å². The number of fused-ring (bicyclic) bond motifs is 1. The fourth-order valence-electron chi connectivity index (χ4n) is 3.25. The molecule has 0 amide bonds. The third-order valence-corrected chi connectivity index (χ3v) is 5.09. The van der Waals surface area contributed by atoms with Crippen LogP contribution in [-0.4, -0.2) is 26.3 Å². The van der Waals surface area contributed by atoms with Gasteiger partial charge in [0.05, 0.1) is 0 Å². The zero-order valence-corrected chi connectivity index (χ0v) is 15.9. The van der Waals surface area contributed by atoms with Crippen molar-refractivity contribution in [3.8, 4) is 11.5 Å². The zero-order chi connectivity index (χ0) is 17.4. The molecule has 2 aromatic heterocycles. The van der Waals surface area contributed by atoms with Crippen molar-refractivity contribution in [1.82, 2.24) is 19.7 Å². The highest BCUT2D eigenvalue weighted by molar-refractivity contribution is 9.10. The number of pyridine rings is 1. The van der Waals surface area contributed by atoms with Crippen molar-refractivity contribution < 1.29 is 0 Å². The molecule has 3 heterocycles. The third-order valence-electron chi connectivity index (χ3n) is 4.60. The van der Waals surface area contributed by atoms with Crippen molar-refractivity contribution >= 4 is 21.7 Å². The Kier molecular flexibility index (Phi) is 4.29. The molecule has 0 radical (unpaired) electrons. The van der Waals surface area contributed by atoms with Gasteiger partial charge < -0.3 is 9.47 Å². The lowest BCUT2D eigenvalue weighted by molar-refractivity contribution is 0.603. The molecule has 4 rings (SSSR count). The van der Waals surface area contributed by atoms with Crippen molar-refractivity contribution in [1.29, 1.82) is 0 Å². The summed E-state index contributed by atoms with van der Waals surface area (Å²) in [5.41, 5.74) is 3.65. The summed E-state index contributed by atoms with van der Waals surface area (Å²) in [5, 5.41) is 8.32. The van der Waals surface area contributed by atoms with Crippen LogP contribution in [0.3, 0.4) is 0 Å². The van der Waals surface area contributed by atoms with E-state index in [9.17, 15) is 0 Å². The van der Waals surface area contributed by atoms with Gasteiger partial charge in [-0.25, -0.2) is 4.98 Å². The minimum absolute atomic E-state index is 0.301. The van der Waals surface area contributed by atoms with Crippen LogP contribution in [0.5, 0.6) is 0 Å². The molecule has 5 nitrogen and oxygen atoms in total. The number of hydrogen-bond acceptors (Lipinski definition) is 4. The van der Waals surface area contributed by atoms with Gasteiger partial charge in [-0.3, -0.25) is 0 Å². The Labute approximate surface area is 155 Å². The van der Waals surface area contributed by atoms with E-state index >= 15 is 0 Å². The van der Waals surface area contributed by atoms with Gasteiger partial charge in [-0.15, -0.1) is 10.2 Å². The summed E-state index contributed by atoms with van der Waals surface area (Å²) in [6.07, 6.45) is 2.81. The second-order valence-electron chi connectivity index (χ2n) is 6.62. The molecule has 0 fully saturated rings. The summed E-state index contributed by atoms with van der Waals surface area (Å²) >= 11 is 3.57. The molecule has 128 valence electrons. The van der Waals surface area contributed by atoms with Crippen LogP contribution in [0.25, 0.3) is 11.5 Å². The molecular weight excluding hydrogens is 378 g/mol. The average molecular weight is 398 g/mol. The molecule has 0 bridgehead atoms. The van der Waals surface area contributed by atoms with E-state index in [1.54, 1.807) is 6.33 Å². The van der Waals surface area contributed by atoms with E-state index in [0.29, 0.717) is 6.04 Å². The van der Waals surface area contributed by atoms with Crippen LogP contribution in [0.4, 0.5) is 5.82 Å². The van der Waals surface area contributed by atoms with Crippen LogP contribution >= 0.6 is 15.9 Å². The van der Waals surface area contributed by atoms with Gasteiger partial charge >= 0.3 is 0 Å². The smallest absolute Gasteiger partial charge is 0.182 e. The molecule has 25 heavy (non-hydrogen) atoms. The molecule has 1 aromatic carbocycles. The Morgan fingerprint density at radius 3 is 2.84 bits per heavy atom. The zero-order valence-electron chi connectivity index (χ0n) is 14.4. The van der Waals surface area contributed by atoms with Crippen molar-refractivity contribution in [2.75, 3.05) is 11.4 Å². The van der Waals surface area contributed by atoms with Gasteiger partial charge in [0.1, 0.15) is 17.8 Å². The molecule has 0 unspecified atom stereocenters. The van der Waals surface area contributed by atoms with Crippen LogP contribution in [0.1, 0.15) is 31.0 Å². The summed E-state index contributed by atoms with van der Waals surface area (Å²) in [6, 6.07) is 13.0. The summed E-state index contributed by atoms with van der Waals surface area (Å²) in [6.45, 7) is 6.09. The Bertz CT molecular complexity index is 902. The quantitative estimate of drug-likeness (QED) is 0.662. The van der Waals surface area contributed by atoms with E-state index in [2.05, 4.69) is 73.7 Å². The molecule has 0 N–H and O–H groups in total. The number of nitrogens with zero attached hydrogens (tertiary/aromatic N) is 5. The number of hydrogen-bond donors (Lipinski definition) is 0. The molecule has 6 heteroatoms. The van der Waals surface area contributed by atoms with E-state index in [-0.39, 0.29) is 0 Å². The standard InChI is InChI=1S/C19H20BrN5/c1-13(2)25-12-21-23-19(25)17-4-3-5-18(22-17)24-9-8-14-6-7-16(20)10-15(14)11-24/h3-7,10,12-13H,8-9,11H2,1-2H3. The molecule has 3 aromatic rings. The maximum Gasteiger partial charge on any atom is 0.182 e. The van der Waals surface area contributed by atoms with Crippen LogP contribution in [0, 0.1) is 0 Å². The van der Waals surface area contributed by atoms with Gasteiger partial charge in [0.2, 0.25) is 0 Å². The molecule has 0 aliphatic carbocycles. The number of anilines is 1. The van der Waals surface area contributed by atoms with Gasteiger partial charge in [-0.1, -0.05) is 28.1 Å². The number of benzene rings is 1. The topological polar surface area (TPSA) is 46.8 Å². The fourth-order valence-corrected chi connectivity index (χ4v) is 3.66. The lowest BCUT2D eigenvalue weighted by Crippen LogP contribution is -2.31. The maximum atomic E-state index is 4.87. The van der Waals surface area contributed by atoms with Gasteiger partial charge in [0, 0.05) is 23.6 Å². The Morgan fingerprint density at radius 2 is 2.00 bits per heavy atom. The van der Waals surface area contributed by atoms with E-state index in [1.807, 2.05) is 12.1 Å². The molecule has 1 aliphatic rings. The molecule has 0 saturated heterocycles. The minimum Gasteiger partial charge on any atom is -0.352 e. The van der Waals surface area contributed by atoms with Crippen molar-refractivity contribution in [3.63, 3.8) is 0 Å². The molecule has 1 aliphatic heterocycles. The number of aromatic nitrogens is 4. The SMILES string of the molecule is CC(C)n1cnnc1-c1cccc(N2CCc3ccc(Br)cc3C2)n1. The van der Waals surface area contributed by atoms with E-state index < -0.39 is 0 Å². The Balaban J connectivity index is 1.65. The number of halogens is 1. The molecule has 0 atom stereocenters. The maximum absolute atomic E-state index is 4.87. The predicted molar refractivity (Wildman–Crippen MR) is 103 cm³/mol. The van der Waals surface area contributed by atoms with Gasteiger partial charge in [0.25, 0.3) is 0 Å². The van der Waals surface area contributed by atoms with Crippen molar-refractivity contribution in [2.45, 2.75) is 32.9 Å². The van der Waals surface area contributed by atoms with Gasteiger partial charge in [0.15, 0.2) is 5.82 Å². The summed E-state index contributed by atoms with van der Waals surface area (Å²) in [7, 11) is 0. The first-order chi connectivity index (χ1) is 12.1. The number of rotatable bonds is 3. The van der Waals surface area contributed by atoms with E-state index in [1.165, 1.54) is 11.1 Å². The summed E-state index contributed by atoms with van der Waals surface area (Å²) < 4.78 is 3.18. The largest absolute Gasteiger partial charge is 0.352 e. The lowest BCUT2D eigenvalue weighted by atomic mass is 10.00. The highest BCUT2D eigenvalue weighted by atomic mass is 79.9. The lowest BCUT2D eigenvalue weighted by Gasteiger charge is -2.30. The first-order valence-electron chi connectivity index (χ1n) is 8.51. The van der Waals surface area contributed by atoms with Crippen LogP contribution < -0.4 is 4.90 Å². The van der Waals surface area contributed by atoms with E-state index in [4.69, 9.17) is 4.98 Å². The van der Waals surface area contributed by atoms with Crippen molar-refractivity contribution in [3.05, 3.63) is 58.3 Å². The normalized spacial score (nSPS) is 14.0. The summed E-state index contributed by atoms with van der Waals surface area (Å²) in [4.78, 5) is 7.20. The van der Waals surface area contributed by atoms with Crippen LogP contribution in [0.15, 0.2) is 47.2 Å². The molecule has 0 saturated carbocycles. The third kappa shape index (κ3) is 3.18. The van der Waals surface area contributed by atoms with Crippen molar-refractivity contribution in [2.24, 2.45) is 0 Å². The van der Waals surface area contributed by atoms with Crippen LogP contribution in [-0.2, 0) is 13.0 Å². The second-order valence-corrected chi connectivity index (χ2v) is 7.54. The molecule has 0 spiro atoms. The predicted octanol–water partition coefficient (Wildman–Crippen LogP) is 4.25.